The molecule has 0 amide bonds. The van der Waals surface area contributed by atoms with Crippen LogP contribution in [0.2, 0.25) is 0 Å². The van der Waals surface area contributed by atoms with Crippen LogP contribution in [0.5, 0.6) is 0 Å². The van der Waals surface area contributed by atoms with Crippen LogP contribution in [0, 0.1) is 0 Å². The molecule has 0 aliphatic rings. The average molecular weight is 1700 g/mol. The molecule has 0 rings (SSSR count). The zero-order valence-electron chi connectivity index (χ0n) is 75.2. The van der Waals surface area contributed by atoms with E-state index < -0.39 is 91.5 Å². The summed E-state index contributed by atoms with van der Waals surface area (Å²) in [6, 6.07) is 0. The number of ether oxygens (including phenoxy) is 3. The molecule has 0 radical (unpaired) electrons. The van der Waals surface area contributed by atoms with E-state index in [1.54, 1.807) is 0 Å². The summed E-state index contributed by atoms with van der Waals surface area (Å²) in [7, 11) is -9.82. The minimum atomic E-state index is -4.95. The van der Waals surface area contributed by atoms with E-state index in [4.69, 9.17) is 32.3 Å². The zero-order chi connectivity index (χ0) is 86.5. The molecule has 0 saturated heterocycles. The first kappa shape index (κ1) is 114. The van der Waals surface area contributed by atoms with E-state index in [2.05, 4.69) is 191 Å². The molecule has 0 aliphatic heterocycles. The number of carbonyl (C=O) groups excluding carboxylic acids is 3. The maximum atomic E-state index is 13.1. The molecule has 0 aromatic rings. The lowest BCUT2D eigenvalue weighted by Crippen LogP contribution is -2.30. The van der Waals surface area contributed by atoms with Gasteiger partial charge in [-0.2, -0.15) is 0 Å². The van der Waals surface area contributed by atoms with E-state index in [1.807, 2.05) is 0 Å². The average Bonchev–Trinajstić information content (AvgIpc) is 0.902. The van der Waals surface area contributed by atoms with Crippen molar-refractivity contribution in [3.05, 3.63) is 170 Å². The van der Waals surface area contributed by atoms with Crippen LogP contribution in [0.25, 0.3) is 0 Å². The lowest BCUT2D eigenvalue weighted by atomic mass is 10.0. The number of carbonyl (C=O) groups is 3. The number of esters is 3. The Morgan fingerprint density at radius 2 is 0.445 bits per heavy atom. The minimum absolute atomic E-state index is 0.0919. The van der Waals surface area contributed by atoms with Gasteiger partial charge >= 0.3 is 33.6 Å². The second-order valence-corrected chi connectivity index (χ2v) is 34.3. The molecule has 0 fully saturated rings. The molecule has 18 heteroatoms. The first-order valence-corrected chi connectivity index (χ1v) is 50.4. The summed E-state index contributed by atoms with van der Waals surface area (Å²) in [5.74, 6) is -1.58. The van der Waals surface area contributed by atoms with E-state index in [9.17, 15) is 43.5 Å². The quantitative estimate of drug-likeness (QED) is 0.0146. The maximum Gasteiger partial charge on any atom is 0.472 e. The lowest BCUT2D eigenvalue weighted by molar-refractivity contribution is -0.161. The Morgan fingerprint density at radius 1 is 0.244 bits per heavy atom. The van der Waals surface area contributed by atoms with Crippen LogP contribution in [0.15, 0.2) is 170 Å². The zero-order valence-corrected chi connectivity index (χ0v) is 77.0. The van der Waals surface area contributed by atoms with Crippen LogP contribution in [-0.2, 0) is 55.8 Å². The van der Waals surface area contributed by atoms with Gasteiger partial charge in [0.05, 0.1) is 26.4 Å². The van der Waals surface area contributed by atoms with Gasteiger partial charge in [-0.05, 0) is 154 Å². The number of rotatable bonds is 89. The molecule has 4 N–H and O–H groups in total. The number of aliphatic hydroxyl groups excluding tert-OH is 2. The van der Waals surface area contributed by atoms with Crippen molar-refractivity contribution in [1.82, 2.24) is 0 Å². The summed E-state index contributed by atoms with van der Waals surface area (Å²) in [6.07, 6.45) is 120. The van der Waals surface area contributed by atoms with Gasteiger partial charge in [0.25, 0.3) is 0 Å². The van der Waals surface area contributed by atoms with Crippen LogP contribution < -0.4 is 0 Å². The molecule has 0 aromatic carbocycles. The van der Waals surface area contributed by atoms with E-state index in [0.717, 1.165) is 167 Å². The van der Waals surface area contributed by atoms with Crippen LogP contribution in [0.4, 0.5) is 0 Å². The Bertz CT molecular complexity index is 2840. The molecule has 5 atom stereocenters. The highest BCUT2D eigenvalue weighted by Gasteiger charge is 2.30. The van der Waals surface area contributed by atoms with Gasteiger partial charge in [0.2, 0.25) is 0 Å². The molecular formula is C101H172O16P2. The smallest absolute Gasteiger partial charge is 0.463 e. The summed E-state index contributed by atoms with van der Waals surface area (Å²) in [6.45, 7) is 2.47. The van der Waals surface area contributed by atoms with Gasteiger partial charge in [-0.3, -0.25) is 32.5 Å². The molecule has 0 aromatic heterocycles. The van der Waals surface area contributed by atoms with E-state index in [0.29, 0.717) is 19.3 Å². The summed E-state index contributed by atoms with van der Waals surface area (Å²) in [4.78, 5) is 59.1. The van der Waals surface area contributed by atoms with Gasteiger partial charge in [0.1, 0.15) is 25.4 Å². The van der Waals surface area contributed by atoms with Crippen molar-refractivity contribution < 1.29 is 75.8 Å². The highest BCUT2D eigenvalue weighted by atomic mass is 31.2. The molecule has 0 bridgehead atoms. The molecule has 0 saturated carbocycles. The molecule has 0 heterocycles. The van der Waals surface area contributed by atoms with Gasteiger partial charge in [0, 0.05) is 19.3 Å². The van der Waals surface area contributed by atoms with Crippen molar-refractivity contribution in [3.8, 4) is 0 Å². The lowest BCUT2D eigenvalue weighted by Gasteiger charge is -2.21. The molecule has 16 nitrogen and oxygen atoms in total. The third kappa shape index (κ3) is 93.5. The van der Waals surface area contributed by atoms with Gasteiger partial charge in [-0.25, -0.2) is 9.13 Å². The number of aliphatic hydroxyl groups is 2. The van der Waals surface area contributed by atoms with E-state index >= 15 is 0 Å². The topological polar surface area (TPSA) is 231 Å². The van der Waals surface area contributed by atoms with Gasteiger partial charge in [-0.1, -0.05) is 390 Å². The number of hydrogen-bond acceptors (Lipinski definition) is 14. The van der Waals surface area contributed by atoms with Gasteiger partial charge < -0.3 is 34.2 Å². The van der Waals surface area contributed by atoms with Crippen LogP contribution in [0.3, 0.4) is 0 Å². The maximum absolute atomic E-state index is 13.1. The Hall–Kier alpha value is -5.09. The molecular weight excluding hydrogens is 1530 g/mol. The summed E-state index contributed by atoms with van der Waals surface area (Å²) < 4.78 is 61.6. The fourth-order valence-electron chi connectivity index (χ4n) is 12.8. The Balaban J connectivity index is 4.60. The number of unbranched alkanes of at least 4 members (excludes halogenated alkanes) is 38. The predicted molar refractivity (Wildman–Crippen MR) is 500 cm³/mol. The largest absolute Gasteiger partial charge is 0.472 e. The Labute approximate surface area is 726 Å². The summed E-state index contributed by atoms with van der Waals surface area (Å²) >= 11 is 0. The molecule has 682 valence electrons. The highest BCUT2D eigenvalue weighted by molar-refractivity contribution is 7.47. The highest BCUT2D eigenvalue weighted by Crippen LogP contribution is 2.45. The first-order chi connectivity index (χ1) is 58.2. The molecule has 0 spiro atoms. The molecule has 0 aliphatic carbocycles. The third-order valence-corrected chi connectivity index (χ3v) is 21.8. The third-order valence-electron chi connectivity index (χ3n) is 19.9. The molecule has 5 unspecified atom stereocenters. The predicted octanol–water partition coefficient (Wildman–Crippen LogP) is 29.4. The van der Waals surface area contributed by atoms with Crippen molar-refractivity contribution in [1.29, 1.82) is 0 Å². The second kappa shape index (κ2) is 92.1. The van der Waals surface area contributed by atoms with Crippen molar-refractivity contribution in [2.75, 3.05) is 39.6 Å². The van der Waals surface area contributed by atoms with E-state index in [-0.39, 0.29) is 19.3 Å². The number of phosphoric ester groups is 2. The van der Waals surface area contributed by atoms with Crippen molar-refractivity contribution in [2.24, 2.45) is 0 Å². The monoisotopic (exact) mass is 1700 g/mol. The van der Waals surface area contributed by atoms with Crippen LogP contribution in [0.1, 0.15) is 393 Å². The number of hydrogen-bond donors (Lipinski definition) is 4. The van der Waals surface area contributed by atoms with Gasteiger partial charge in [0.15, 0.2) is 6.10 Å². The van der Waals surface area contributed by atoms with Crippen molar-refractivity contribution in [2.45, 2.75) is 411 Å². The second-order valence-electron chi connectivity index (χ2n) is 31.4. The van der Waals surface area contributed by atoms with Gasteiger partial charge in [-0.15, -0.1) is 0 Å². The fraction of sp³-hybridized carbons (Fsp3) is 0.693. The van der Waals surface area contributed by atoms with Crippen LogP contribution >= 0.6 is 15.6 Å². The van der Waals surface area contributed by atoms with E-state index in [1.165, 1.54) is 167 Å². The number of phosphoric acid groups is 2. The summed E-state index contributed by atoms with van der Waals surface area (Å²) in [5, 5.41) is 20.8. The van der Waals surface area contributed by atoms with Crippen LogP contribution in [-0.4, -0.2) is 95.9 Å². The van der Waals surface area contributed by atoms with Crippen molar-refractivity contribution >= 4 is 33.6 Å². The minimum Gasteiger partial charge on any atom is -0.463 e. The summed E-state index contributed by atoms with van der Waals surface area (Å²) in [5.41, 5.74) is 0. The Kier molecular flexibility index (Phi) is 88.2. The van der Waals surface area contributed by atoms with Crippen molar-refractivity contribution in [3.63, 3.8) is 0 Å². The standard InChI is InChI=1S/C101H172O16P2/c1-4-7-10-13-16-19-22-25-28-31-34-37-40-43-44-45-46-47-48-49-50-53-55-57-60-63-66-69-72-75-78-81-84-87-99(104)111-90-96(102)91-113-118(107,108)114-92-97(103)93-115-119(109,110)116-95-98(117-101(106)89-86-83-80-77-74-71-68-65-62-59-56-52-42-39-36-33-30-27-24-21-18-15-12-9-6-3)94-112-100(105)88-85-82-79-76-73-70-67-64-61-58-54-51-41-38-35-32-29-26-23-20-17-14-11-8-5-2/h7-8,10-11,16-21,25-30,34-39,43-44,51-52,54,56,96-98,102-103H,4-6,9,12-15,22-24,31-33,40-42,45-50,53,55,57-95H2,1-3H3,(H,107,108)(H,109,110)/b10-7-,11-8-,19-16-,20-17-,21-18-,28-25-,29-26-,30-27-,37-34-,38-35-,39-36-,44-43-,54-51-,56-52-. The SMILES string of the molecule is CC/C=C\C/C=C\C/C=C\C/C=C\C/C=C\CCCCCCCCCCCCCCCCCCCC(=O)OCC(O)COP(=O)(O)OCC(O)COP(=O)(O)OCC(COC(=O)CCCCCCCCCCC/C=C\C/C=C\C/C=C\C/C=C\C/C=C\CC)OC(=O)CCCCCCCCCCC/C=C\C/C=C\C/C=C\C/C=C\CCCCC. The number of allylic oxidation sites excluding steroid dienone is 28. The fourth-order valence-corrected chi connectivity index (χ4v) is 14.4. The first-order valence-electron chi connectivity index (χ1n) is 47.4. The molecule has 119 heavy (non-hydrogen) atoms. The normalized spacial score (nSPS) is 14.5. The Morgan fingerprint density at radius 3 is 0.706 bits per heavy atom.